The molecule has 2 aromatic rings. The van der Waals surface area contributed by atoms with Crippen LogP contribution in [0.4, 0.5) is 0 Å². The topological polar surface area (TPSA) is 80.9 Å². The molecule has 2 aromatic heterocycles. The van der Waals surface area contributed by atoms with Crippen LogP contribution in [0.2, 0.25) is 0 Å². The summed E-state index contributed by atoms with van der Waals surface area (Å²) in [5, 5.41) is 13.3. The lowest BCUT2D eigenvalue weighted by Gasteiger charge is -2.07. The molecule has 0 radical (unpaired) electrons. The number of carbonyl (C=O) groups is 1. The zero-order chi connectivity index (χ0) is 14.2. The van der Waals surface area contributed by atoms with Crippen molar-refractivity contribution in [1.29, 1.82) is 0 Å². The summed E-state index contributed by atoms with van der Waals surface area (Å²) in [6.45, 7) is 7.37. The van der Waals surface area contributed by atoms with Gasteiger partial charge in [-0.25, -0.2) is 9.67 Å². The van der Waals surface area contributed by atoms with Crippen LogP contribution in [0.25, 0.3) is 5.82 Å². The molecule has 0 amide bonds. The number of carboxylic acid groups (broad SMARTS) is 1. The maximum absolute atomic E-state index is 10.9. The highest BCUT2D eigenvalue weighted by Crippen LogP contribution is 2.18. The summed E-state index contributed by atoms with van der Waals surface area (Å²) in [5.41, 5.74) is 3.80. The standard InChI is InChI=1S/C13H16N4O2/c1-7-6-14-9(3)13(15-7)17-10(4)11(5-12(18)19)8(2)16-17/h6H,5H2,1-4H3,(H,18,19). The Kier molecular flexibility index (Phi) is 3.33. The van der Waals surface area contributed by atoms with E-state index in [-0.39, 0.29) is 6.42 Å². The molecule has 0 aromatic carbocycles. The minimum absolute atomic E-state index is 0.0318. The highest BCUT2D eigenvalue weighted by atomic mass is 16.4. The number of nitrogens with zero attached hydrogens (tertiary/aromatic N) is 4. The normalized spacial score (nSPS) is 10.7. The average Bonchev–Trinajstić information content (AvgIpc) is 2.60. The van der Waals surface area contributed by atoms with Gasteiger partial charge in [-0.3, -0.25) is 9.78 Å². The lowest BCUT2D eigenvalue weighted by molar-refractivity contribution is -0.136. The van der Waals surface area contributed by atoms with Gasteiger partial charge in [0.2, 0.25) is 0 Å². The van der Waals surface area contributed by atoms with Crippen LogP contribution in [0.3, 0.4) is 0 Å². The lowest BCUT2D eigenvalue weighted by Crippen LogP contribution is -2.08. The summed E-state index contributed by atoms with van der Waals surface area (Å²) in [7, 11) is 0. The van der Waals surface area contributed by atoms with Crippen LogP contribution in [0.1, 0.15) is 28.3 Å². The van der Waals surface area contributed by atoms with Crippen LogP contribution in [0, 0.1) is 27.7 Å². The predicted molar refractivity (Wildman–Crippen MR) is 69.4 cm³/mol. The van der Waals surface area contributed by atoms with E-state index in [1.165, 1.54) is 0 Å². The zero-order valence-electron chi connectivity index (χ0n) is 11.4. The summed E-state index contributed by atoms with van der Waals surface area (Å²) in [4.78, 5) is 19.6. The largest absolute Gasteiger partial charge is 0.481 e. The number of hydrogen-bond acceptors (Lipinski definition) is 4. The average molecular weight is 260 g/mol. The summed E-state index contributed by atoms with van der Waals surface area (Å²) < 4.78 is 1.67. The minimum atomic E-state index is -0.863. The molecular formula is C13H16N4O2. The second-order valence-electron chi connectivity index (χ2n) is 4.55. The first-order chi connectivity index (χ1) is 8.90. The predicted octanol–water partition coefficient (Wildman–Crippen LogP) is 1.52. The van der Waals surface area contributed by atoms with E-state index in [0.717, 1.165) is 22.6 Å². The fraction of sp³-hybridized carbons (Fsp3) is 0.385. The molecule has 0 spiro atoms. The van der Waals surface area contributed by atoms with Crippen molar-refractivity contribution in [1.82, 2.24) is 19.7 Å². The number of aryl methyl sites for hydroxylation is 3. The Morgan fingerprint density at radius 3 is 2.58 bits per heavy atom. The van der Waals surface area contributed by atoms with E-state index in [9.17, 15) is 4.79 Å². The van der Waals surface area contributed by atoms with Crippen molar-refractivity contribution in [2.45, 2.75) is 34.1 Å². The van der Waals surface area contributed by atoms with Gasteiger partial charge in [0, 0.05) is 17.5 Å². The molecule has 100 valence electrons. The van der Waals surface area contributed by atoms with Gasteiger partial charge in [0.25, 0.3) is 0 Å². The third kappa shape index (κ3) is 2.47. The molecule has 0 bridgehead atoms. The molecule has 0 unspecified atom stereocenters. The molecule has 1 N–H and O–H groups in total. The van der Waals surface area contributed by atoms with Gasteiger partial charge in [-0.05, 0) is 27.7 Å². The van der Waals surface area contributed by atoms with Crippen molar-refractivity contribution in [2.24, 2.45) is 0 Å². The number of aromatic nitrogens is 4. The Balaban J connectivity index is 2.57. The van der Waals surface area contributed by atoms with Crippen LogP contribution in [0.5, 0.6) is 0 Å². The van der Waals surface area contributed by atoms with E-state index in [1.54, 1.807) is 17.8 Å². The van der Waals surface area contributed by atoms with E-state index in [2.05, 4.69) is 15.1 Å². The van der Waals surface area contributed by atoms with Crippen molar-refractivity contribution >= 4 is 5.97 Å². The van der Waals surface area contributed by atoms with Gasteiger partial charge in [0.05, 0.1) is 23.5 Å². The Morgan fingerprint density at radius 2 is 1.95 bits per heavy atom. The Bertz CT molecular complexity index is 646. The maximum Gasteiger partial charge on any atom is 0.307 e. The fourth-order valence-corrected chi connectivity index (χ4v) is 2.01. The molecule has 0 saturated heterocycles. The van der Waals surface area contributed by atoms with Crippen LogP contribution in [-0.2, 0) is 11.2 Å². The van der Waals surface area contributed by atoms with E-state index >= 15 is 0 Å². The van der Waals surface area contributed by atoms with Gasteiger partial charge in [-0.15, -0.1) is 0 Å². The van der Waals surface area contributed by atoms with Crippen molar-refractivity contribution in [3.8, 4) is 5.82 Å². The maximum atomic E-state index is 10.9. The third-order valence-corrected chi connectivity index (χ3v) is 3.02. The quantitative estimate of drug-likeness (QED) is 0.905. The number of aliphatic carboxylic acids is 1. The van der Waals surface area contributed by atoms with Gasteiger partial charge in [0.15, 0.2) is 5.82 Å². The third-order valence-electron chi connectivity index (χ3n) is 3.02. The Labute approximate surface area is 111 Å². The second-order valence-corrected chi connectivity index (χ2v) is 4.55. The molecule has 19 heavy (non-hydrogen) atoms. The van der Waals surface area contributed by atoms with Gasteiger partial charge in [-0.1, -0.05) is 0 Å². The van der Waals surface area contributed by atoms with E-state index < -0.39 is 5.97 Å². The van der Waals surface area contributed by atoms with Crippen LogP contribution in [0.15, 0.2) is 6.20 Å². The molecule has 0 atom stereocenters. The van der Waals surface area contributed by atoms with Gasteiger partial charge < -0.3 is 5.11 Å². The fourth-order valence-electron chi connectivity index (χ4n) is 2.01. The zero-order valence-corrected chi connectivity index (χ0v) is 11.4. The van der Waals surface area contributed by atoms with E-state index in [1.807, 2.05) is 20.8 Å². The highest BCUT2D eigenvalue weighted by molar-refractivity contribution is 5.71. The molecule has 0 saturated carbocycles. The molecule has 6 nitrogen and oxygen atoms in total. The van der Waals surface area contributed by atoms with Gasteiger partial charge >= 0.3 is 5.97 Å². The highest BCUT2D eigenvalue weighted by Gasteiger charge is 2.17. The van der Waals surface area contributed by atoms with Gasteiger partial charge in [0.1, 0.15) is 0 Å². The second kappa shape index (κ2) is 4.79. The van der Waals surface area contributed by atoms with Gasteiger partial charge in [-0.2, -0.15) is 5.10 Å². The summed E-state index contributed by atoms with van der Waals surface area (Å²) in [6, 6.07) is 0. The Hall–Kier alpha value is -2.24. The van der Waals surface area contributed by atoms with Crippen molar-refractivity contribution in [3.05, 3.63) is 34.5 Å². The summed E-state index contributed by atoms with van der Waals surface area (Å²) in [5.74, 6) is -0.213. The van der Waals surface area contributed by atoms with Crippen LogP contribution in [-0.4, -0.2) is 30.8 Å². The number of rotatable bonds is 3. The van der Waals surface area contributed by atoms with Crippen LogP contribution >= 0.6 is 0 Å². The van der Waals surface area contributed by atoms with E-state index in [0.29, 0.717) is 11.5 Å². The number of carboxylic acids is 1. The van der Waals surface area contributed by atoms with Crippen molar-refractivity contribution in [3.63, 3.8) is 0 Å². The Morgan fingerprint density at radius 1 is 1.26 bits per heavy atom. The first-order valence-electron chi connectivity index (χ1n) is 5.97. The lowest BCUT2D eigenvalue weighted by atomic mass is 10.1. The summed E-state index contributed by atoms with van der Waals surface area (Å²) >= 11 is 0. The monoisotopic (exact) mass is 260 g/mol. The summed E-state index contributed by atoms with van der Waals surface area (Å²) in [6.07, 6.45) is 1.67. The van der Waals surface area contributed by atoms with Crippen molar-refractivity contribution < 1.29 is 9.90 Å². The SMILES string of the molecule is Cc1cnc(C)c(-n2nc(C)c(CC(=O)O)c2C)n1. The minimum Gasteiger partial charge on any atom is -0.481 e. The smallest absolute Gasteiger partial charge is 0.307 e. The van der Waals surface area contributed by atoms with Crippen molar-refractivity contribution in [2.75, 3.05) is 0 Å². The molecule has 2 heterocycles. The molecule has 0 fully saturated rings. The van der Waals surface area contributed by atoms with E-state index in [4.69, 9.17) is 5.11 Å². The molecule has 6 heteroatoms. The number of hydrogen-bond donors (Lipinski definition) is 1. The first kappa shape index (κ1) is 13.2. The molecule has 0 aliphatic rings. The first-order valence-corrected chi connectivity index (χ1v) is 5.97. The molecule has 0 aliphatic carbocycles. The molecule has 2 rings (SSSR count). The molecule has 0 aliphatic heterocycles. The molecular weight excluding hydrogens is 244 g/mol. The van der Waals surface area contributed by atoms with Crippen LogP contribution < -0.4 is 0 Å².